The monoisotopic (exact) mass is 385 g/mol. The Hall–Kier alpha value is -0.300. The van der Waals surface area contributed by atoms with E-state index >= 15 is 0 Å². The fraction of sp³-hybridized carbons (Fsp3) is 0.926. The van der Waals surface area contributed by atoms with Crippen LogP contribution in [0.2, 0.25) is 0 Å². The Bertz CT molecular complexity index is 581. The van der Waals surface area contributed by atoms with Crippen LogP contribution in [0.3, 0.4) is 0 Å². The fourth-order valence-electron chi connectivity index (χ4n) is 9.19. The number of fused-ring (bicyclic) bond motifs is 5. The van der Waals surface area contributed by atoms with Gasteiger partial charge in [-0.2, -0.15) is 0 Å². The van der Waals surface area contributed by atoms with Crippen LogP contribution in [-0.2, 0) is 0 Å². The van der Waals surface area contributed by atoms with Crippen LogP contribution in [0.25, 0.3) is 0 Å². The van der Waals surface area contributed by atoms with E-state index in [1.165, 1.54) is 82.6 Å². The lowest BCUT2D eigenvalue weighted by molar-refractivity contribution is -0.116. The SMILES string of the molecule is C=C(C)CCC[C@@H](C)[C@H]1CC[C@H]2[C@@H]3CCC4C[C@@H](N)CC[C@]4(C)[C@H]3CC[C@]12C. The van der Waals surface area contributed by atoms with E-state index in [1.807, 2.05) is 0 Å². The molecule has 0 radical (unpaired) electrons. The molecule has 4 fully saturated rings. The van der Waals surface area contributed by atoms with E-state index < -0.39 is 0 Å². The highest BCUT2D eigenvalue weighted by Gasteiger charge is 2.60. The molecule has 0 amide bonds. The zero-order valence-electron chi connectivity index (χ0n) is 19.3. The molecule has 28 heavy (non-hydrogen) atoms. The molecule has 0 saturated heterocycles. The minimum atomic E-state index is 0.486. The van der Waals surface area contributed by atoms with Crippen LogP contribution in [0.5, 0.6) is 0 Å². The third-order valence-corrected chi connectivity index (χ3v) is 10.7. The molecule has 0 aromatic carbocycles. The van der Waals surface area contributed by atoms with Gasteiger partial charge in [-0.3, -0.25) is 0 Å². The maximum atomic E-state index is 6.38. The van der Waals surface area contributed by atoms with Crippen LogP contribution in [0.1, 0.15) is 105 Å². The highest BCUT2D eigenvalue weighted by Crippen LogP contribution is 2.68. The first kappa shape index (κ1) is 21.0. The van der Waals surface area contributed by atoms with Crippen molar-refractivity contribution in [1.82, 2.24) is 0 Å². The van der Waals surface area contributed by atoms with Crippen LogP contribution >= 0.6 is 0 Å². The first-order chi connectivity index (χ1) is 13.3. The van der Waals surface area contributed by atoms with Crippen molar-refractivity contribution >= 4 is 0 Å². The molecule has 0 bridgehead atoms. The summed E-state index contributed by atoms with van der Waals surface area (Å²) >= 11 is 0. The topological polar surface area (TPSA) is 26.0 Å². The van der Waals surface area contributed by atoms with Crippen LogP contribution in [0.4, 0.5) is 0 Å². The number of nitrogens with two attached hydrogens (primary N) is 1. The lowest BCUT2D eigenvalue weighted by Gasteiger charge is -2.61. The zero-order valence-corrected chi connectivity index (χ0v) is 19.3. The molecular weight excluding hydrogens is 338 g/mol. The van der Waals surface area contributed by atoms with Crippen molar-refractivity contribution in [2.24, 2.45) is 52.1 Å². The smallest absolute Gasteiger partial charge is 0.00418 e. The summed E-state index contributed by atoms with van der Waals surface area (Å²) in [5.41, 5.74) is 8.97. The average Bonchev–Trinajstić information content (AvgIpc) is 2.99. The predicted molar refractivity (Wildman–Crippen MR) is 121 cm³/mol. The third-order valence-electron chi connectivity index (χ3n) is 10.7. The molecular formula is C27H47N. The summed E-state index contributed by atoms with van der Waals surface area (Å²) in [6.07, 6.45) is 17.0. The molecule has 0 aromatic heterocycles. The molecule has 0 spiro atoms. The predicted octanol–water partition coefficient (Wildman–Crippen LogP) is 7.36. The van der Waals surface area contributed by atoms with Crippen molar-refractivity contribution in [1.29, 1.82) is 0 Å². The quantitative estimate of drug-likeness (QED) is 0.492. The number of allylic oxidation sites excluding steroid dienone is 1. The van der Waals surface area contributed by atoms with Crippen molar-refractivity contribution in [2.75, 3.05) is 0 Å². The first-order valence-electron chi connectivity index (χ1n) is 12.7. The summed E-state index contributed by atoms with van der Waals surface area (Å²) < 4.78 is 0. The Labute approximate surface area is 175 Å². The van der Waals surface area contributed by atoms with Gasteiger partial charge < -0.3 is 5.73 Å². The molecule has 0 aromatic rings. The Morgan fingerprint density at radius 3 is 2.46 bits per heavy atom. The van der Waals surface area contributed by atoms with Gasteiger partial charge in [0.2, 0.25) is 0 Å². The van der Waals surface area contributed by atoms with Crippen molar-refractivity contribution < 1.29 is 0 Å². The second-order valence-electron chi connectivity index (χ2n) is 12.2. The van der Waals surface area contributed by atoms with Gasteiger partial charge in [0.15, 0.2) is 0 Å². The van der Waals surface area contributed by atoms with E-state index in [2.05, 4.69) is 34.3 Å². The molecule has 4 aliphatic rings. The molecule has 2 N–H and O–H groups in total. The fourth-order valence-corrected chi connectivity index (χ4v) is 9.19. The summed E-state index contributed by atoms with van der Waals surface area (Å²) in [4.78, 5) is 0. The minimum absolute atomic E-state index is 0.486. The third kappa shape index (κ3) is 3.42. The maximum absolute atomic E-state index is 6.38. The summed E-state index contributed by atoms with van der Waals surface area (Å²) in [5, 5.41) is 0. The van der Waals surface area contributed by atoms with Gasteiger partial charge in [-0.1, -0.05) is 32.8 Å². The lowest BCUT2D eigenvalue weighted by atomic mass is 9.44. The van der Waals surface area contributed by atoms with E-state index in [-0.39, 0.29) is 0 Å². The van der Waals surface area contributed by atoms with E-state index in [4.69, 9.17) is 5.73 Å². The van der Waals surface area contributed by atoms with Crippen LogP contribution in [0.15, 0.2) is 12.2 Å². The van der Waals surface area contributed by atoms with Gasteiger partial charge in [0.25, 0.3) is 0 Å². The van der Waals surface area contributed by atoms with Crippen molar-refractivity contribution in [3.05, 3.63) is 12.2 Å². The van der Waals surface area contributed by atoms with Crippen LogP contribution in [-0.4, -0.2) is 6.04 Å². The van der Waals surface area contributed by atoms with E-state index in [0.717, 1.165) is 35.5 Å². The average molecular weight is 386 g/mol. The van der Waals surface area contributed by atoms with Gasteiger partial charge in [0.05, 0.1) is 0 Å². The standard InChI is InChI=1S/C27H47N/c1-18(2)7-6-8-19(3)23-11-12-24-22-10-9-20-17-21(28)13-15-26(20,4)25(22)14-16-27(23,24)5/h19-25H,1,6-17,28H2,2-5H3/t19-,20?,21+,22+,23-,24+,25+,26+,27-/m1/s1. The Kier molecular flexibility index (Phi) is 5.80. The highest BCUT2D eigenvalue weighted by atomic mass is 14.7. The molecule has 0 aliphatic heterocycles. The molecule has 4 rings (SSSR count). The molecule has 160 valence electrons. The normalized spacial score (nSPS) is 49.0. The minimum Gasteiger partial charge on any atom is -0.328 e. The summed E-state index contributed by atoms with van der Waals surface area (Å²) in [5.74, 6) is 5.80. The van der Waals surface area contributed by atoms with Gasteiger partial charge in [0.1, 0.15) is 0 Å². The van der Waals surface area contributed by atoms with Crippen LogP contribution < -0.4 is 5.73 Å². The molecule has 1 heteroatoms. The van der Waals surface area contributed by atoms with Gasteiger partial charge in [-0.05, 0) is 124 Å². The largest absolute Gasteiger partial charge is 0.328 e. The van der Waals surface area contributed by atoms with Gasteiger partial charge in [-0.25, -0.2) is 0 Å². The number of hydrogen-bond donors (Lipinski definition) is 1. The molecule has 4 aliphatic carbocycles. The molecule has 1 nitrogen and oxygen atoms in total. The maximum Gasteiger partial charge on any atom is 0.00418 e. The van der Waals surface area contributed by atoms with Crippen molar-refractivity contribution in [2.45, 2.75) is 111 Å². The molecule has 1 unspecified atom stereocenters. The second-order valence-corrected chi connectivity index (χ2v) is 12.2. The summed E-state index contributed by atoms with van der Waals surface area (Å²) in [6, 6.07) is 0.486. The van der Waals surface area contributed by atoms with Gasteiger partial charge >= 0.3 is 0 Å². The molecule has 0 heterocycles. The molecule has 9 atom stereocenters. The summed E-state index contributed by atoms with van der Waals surface area (Å²) in [7, 11) is 0. The lowest BCUT2D eigenvalue weighted by Crippen LogP contribution is -2.54. The van der Waals surface area contributed by atoms with E-state index in [9.17, 15) is 0 Å². The van der Waals surface area contributed by atoms with Gasteiger partial charge in [-0.15, -0.1) is 6.58 Å². The first-order valence-corrected chi connectivity index (χ1v) is 12.7. The Morgan fingerprint density at radius 1 is 1.00 bits per heavy atom. The summed E-state index contributed by atoms with van der Waals surface area (Å²) in [6.45, 7) is 14.3. The number of hydrogen-bond acceptors (Lipinski definition) is 1. The van der Waals surface area contributed by atoms with E-state index in [1.54, 1.807) is 0 Å². The van der Waals surface area contributed by atoms with Gasteiger partial charge in [0, 0.05) is 6.04 Å². The Morgan fingerprint density at radius 2 is 1.71 bits per heavy atom. The van der Waals surface area contributed by atoms with Crippen LogP contribution in [0, 0.1) is 46.3 Å². The number of rotatable bonds is 5. The zero-order chi connectivity index (χ0) is 20.1. The van der Waals surface area contributed by atoms with Crippen molar-refractivity contribution in [3.8, 4) is 0 Å². The second kappa shape index (κ2) is 7.75. The molecule has 4 saturated carbocycles. The Balaban J connectivity index is 1.47. The highest BCUT2D eigenvalue weighted by molar-refractivity contribution is 5.10. The van der Waals surface area contributed by atoms with E-state index in [0.29, 0.717) is 16.9 Å². The van der Waals surface area contributed by atoms with Crippen molar-refractivity contribution in [3.63, 3.8) is 0 Å².